The summed E-state index contributed by atoms with van der Waals surface area (Å²) in [5.74, 6) is -0.422. The Hall–Kier alpha value is -2.09. The molecular weight excluding hydrogens is 368 g/mol. The highest BCUT2D eigenvalue weighted by molar-refractivity contribution is 6.30. The molecule has 1 atom stereocenters. The molecule has 2 heterocycles. The number of benzene rings is 1. The zero-order chi connectivity index (χ0) is 19.4. The van der Waals surface area contributed by atoms with Crippen LogP contribution < -0.4 is 10.6 Å². The lowest BCUT2D eigenvalue weighted by Crippen LogP contribution is -2.51. The molecule has 0 aromatic heterocycles. The summed E-state index contributed by atoms with van der Waals surface area (Å²) in [6, 6.07) is 6.21. The van der Waals surface area contributed by atoms with Gasteiger partial charge in [0.1, 0.15) is 0 Å². The van der Waals surface area contributed by atoms with Gasteiger partial charge in [-0.1, -0.05) is 23.7 Å². The predicted octanol–water partition coefficient (Wildman–Crippen LogP) is 1.76. The van der Waals surface area contributed by atoms with Crippen LogP contribution in [0.2, 0.25) is 5.02 Å². The minimum absolute atomic E-state index is 0.269. The lowest BCUT2D eigenvalue weighted by atomic mass is 9.95. The lowest BCUT2D eigenvalue weighted by Gasteiger charge is -2.35. The average Bonchev–Trinajstić information content (AvgIpc) is 2.64. The number of nitrogens with one attached hydrogen (secondary N) is 2. The zero-order valence-electron chi connectivity index (χ0n) is 15.6. The number of piperazine rings is 1. The molecule has 2 aliphatic heterocycles. The predicted molar refractivity (Wildman–Crippen MR) is 103 cm³/mol. The molecule has 0 spiro atoms. The fourth-order valence-electron chi connectivity index (χ4n) is 3.33. The Balaban J connectivity index is 1.94. The van der Waals surface area contributed by atoms with Crippen molar-refractivity contribution in [2.24, 2.45) is 0 Å². The lowest BCUT2D eigenvalue weighted by molar-refractivity contribution is -0.139. The first-order chi connectivity index (χ1) is 13.0. The van der Waals surface area contributed by atoms with E-state index in [9.17, 15) is 9.59 Å². The number of hydrogen-bond acceptors (Lipinski definition) is 5. The first-order valence-electron chi connectivity index (χ1n) is 9.12. The average molecular weight is 393 g/mol. The summed E-state index contributed by atoms with van der Waals surface area (Å²) in [6.07, 6.45) is 0. The van der Waals surface area contributed by atoms with Crippen molar-refractivity contribution in [2.45, 2.75) is 13.0 Å². The van der Waals surface area contributed by atoms with Crippen LogP contribution in [0.3, 0.4) is 0 Å². The molecule has 0 bridgehead atoms. The van der Waals surface area contributed by atoms with Gasteiger partial charge in [-0.05, 0) is 31.7 Å². The number of rotatable bonds is 5. The van der Waals surface area contributed by atoms with Crippen molar-refractivity contribution in [2.75, 3.05) is 46.4 Å². The molecule has 27 heavy (non-hydrogen) atoms. The highest BCUT2D eigenvalue weighted by Crippen LogP contribution is 2.29. The Morgan fingerprint density at radius 2 is 1.89 bits per heavy atom. The molecular formula is C19H25ClN4O3. The number of esters is 1. The maximum absolute atomic E-state index is 12.7. The fraction of sp³-hybridized carbons (Fsp3) is 0.474. The molecule has 1 aromatic rings. The molecule has 0 saturated carbocycles. The van der Waals surface area contributed by atoms with E-state index >= 15 is 0 Å². The Bertz CT molecular complexity index is 727. The Morgan fingerprint density at radius 1 is 1.22 bits per heavy atom. The molecule has 2 aliphatic rings. The summed E-state index contributed by atoms with van der Waals surface area (Å²) in [5, 5.41) is 6.26. The second kappa shape index (κ2) is 8.73. The van der Waals surface area contributed by atoms with Crippen LogP contribution in [0.15, 0.2) is 35.5 Å². The third-order valence-electron chi connectivity index (χ3n) is 4.83. The number of halogens is 1. The number of hydrogen-bond donors (Lipinski definition) is 2. The normalized spacial score (nSPS) is 21.6. The molecule has 1 fully saturated rings. The van der Waals surface area contributed by atoms with Crippen molar-refractivity contribution in [1.82, 2.24) is 20.4 Å². The summed E-state index contributed by atoms with van der Waals surface area (Å²) >= 11 is 5.98. The summed E-state index contributed by atoms with van der Waals surface area (Å²) < 4.78 is 5.29. The van der Waals surface area contributed by atoms with Gasteiger partial charge in [-0.15, -0.1) is 0 Å². The largest absolute Gasteiger partial charge is 0.463 e. The summed E-state index contributed by atoms with van der Waals surface area (Å²) in [7, 11) is 2.09. The third-order valence-corrected chi connectivity index (χ3v) is 5.08. The van der Waals surface area contributed by atoms with Crippen LogP contribution in [-0.2, 0) is 9.53 Å². The van der Waals surface area contributed by atoms with E-state index in [1.165, 1.54) is 0 Å². The second-order valence-corrected chi connectivity index (χ2v) is 7.21. The first-order valence-corrected chi connectivity index (χ1v) is 9.49. The monoisotopic (exact) mass is 392 g/mol. The molecule has 146 valence electrons. The van der Waals surface area contributed by atoms with Crippen molar-refractivity contribution < 1.29 is 14.3 Å². The minimum Gasteiger partial charge on any atom is -0.463 e. The van der Waals surface area contributed by atoms with E-state index in [4.69, 9.17) is 16.3 Å². The summed E-state index contributed by atoms with van der Waals surface area (Å²) in [4.78, 5) is 29.5. The molecule has 7 nitrogen and oxygen atoms in total. The summed E-state index contributed by atoms with van der Waals surface area (Å²) in [6.45, 7) is 6.20. The SMILES string of the molecule is CCOC(=O)C1=C(CN2CCN(C)CC2)NC(=O)N[C@@H]1c1ccc(Cl)cc1. The van der Waals surface area contributed by atoms with Crippen molar-refractivity contribution >= 4 is 23.6 Å². The van der Waals surface area contributed by atoms with Gasteiger partial charge in [0.15, 0.2) is 0 Å². The van der Waals surface area contributed by atoms with Gasteiger partial charge in [0.25, 0.3) is 0 Å². The topological polar surface area (TPSA) is 73.9 Å². The molecule has 0 radical (unpaired) electrons. The number of carbonyl (C=O) groups is 2. The van der Waals surface area contributed by atoms with Gasteiger partial charge in [0, 0.05) is 43.4 Å². The first kappa shape index (κ1) is 19.7. The number of urea groups is 1. The van der Waals surface area contributed by atoms with E-state index < -0.39 is 12.0 Å². The van der Waals surface area contributed by atoms with E-state index in [0.717, 1.165) is 31.7 Å². The molecule has 0 unspecified atom stereocenters. The Morgan fingerprint density at radius 3 is 2.52 bits per heavy atom. The van der Waals surface area contributed by atoms with Gasteiger partial charge in [-0.3, -0.25) is 4.90 Å². The molecule has 0 aliphatic carbocycles. The molecule has 2 amide bonds. The van der Waals surface area contributed by atoms with E-state index in [0.29, 0.717) is 22.8 Å². The van der Waals surface area contributed by atoms with Crippen LogP contribution in [0.5, 0.6) is 0 Å². The number of amides is 2. The summed E-state index contributed by atoms with van der Waals surface area (Å²) in [5.41, 5.74) is 1.83. The standard InChI is InChI=1S/C19H25ClN4O3/c1-3-27-18(25)16-15(12-24-10-8-23(2)9-11-24)21-19(26)22-17(16)13-4-6-14(20)7-5-13/h4-7,17H,3,8-12H2,1-2H3,(H2,21,22,26)/t17-/m1/s1. The minimum atomic E-state index is -0.572. The maximum atomic E-state index is 12.7. The van der Waals surface area contributed by atoms with Gasteiger partial charge < -0.3 is 20.3 Å². The van der Waals surface area contributed by atoms with Crippen LogP contribution in [0.25, 0.3) is 0 Å². The highest BCUT2D eigenvalue weighted by Gasteiger charge is 2.34. The number of nitrogens with zero attached hydrogens (tertiary/aromatic N) is 2. The van der Waals surface area contributed by atoms with Gasteiger partial charge >= 0.3 is 12.0 Å². The smallest absolute Gasteiger partial charge is 0.338 e. The quantitative estimate of drug-likeness (QED) is 0.747. The number of ether oxygens (including phenoxy) is 1. The van der Waals surface area contributed by atoms with Gasteiger partial charge in [-0.25, -0.2) is 9.59 Å². The van der Waals surface area contributed by atoms with E-state index in [1.807, 2.05) is 12.1 Å². The van der Waals surface area contributed by atoms with Crippen molar-refractivity contribution in [3.63, 3.8) is 0 Å². The van der Waals surface area contributed by atoms with Crippen LogP contribution in [-0.4, -0.2) is 68.2 Å². The molecule has 3 rings (SSSR count). The van der Waals surface area contributed by atoms with Crippen molar-refractivity contribution in [1.29, 1.82) is 0 Å². The zero-order valence-corrected chi connectivity index (χ0v) is 16.4. The molecule has 2 N–H and O–H groups in total. The van der Waals surface area contributed by atoms with Crippen LogP contribution in [0.4, 0.5) is 4.79 Å². The second-order valence-electron chi connectivity index (χ2n) is 6.78. The highest BCUT2D eigenvalue weighted by atomic mass is 35.5. The van der Waals surface area contributed by atoms with Crippen molar-refractivity contribution in [3.8, 4) is 0 Å². The number of likely N-dealkylation sites (N-methyl/N-ethyl adjacent to an activating group) is 1. The fourth-order valence-corrected chi connectivity index (χ4v) is 3.45. The maximum Gasteiger partial charge on any atom is 0.338 e. The Kier molecular flexibility index (Phi) is 6.36. The van der Waals surface area contributed by atoms with Crippen LogP contribution in [0, 0.1) is 0 Å². The molecule has 1 saturated heterocycles. The van der Waals surface area contributed by atoms with Gasteiger partial charge in [-0.2, -0.15) is 0 Å². The van der Waals surface area contributed by atoms with E-state index in [1.54, 1.807) is 19.1 Å². The third kappa shape index (κ3) is 4.80. The molecule has 1 aromatic carbocycles. The number of carbonyl (C=O) groups excluding carboxylic acids is 2. The van der Waals surface area contributed by atoms with E-state index in [-0.39, 0.29) is 12.6 Å². The Labute approximate surface area is 164 Å². The van der Waals surface area contributed by atoms with Gasteiger partial charge in [0.2, 0.25) is 0 Å². The van der Waals surface area contributed by atoms with Crippen molar-refractivity contribution in [3.05, 3.63) is 46.1 Å². The van der Waals surface area contributed by atoms with Crippen LogP contribution in [0.1, 0.15) is 18.5 Å². The van der Waals surface area contributed by atoms with Crippen LogP contribution >= 0.6 is 11.6 Å². The van der Waals surface area contributed by atoms with E-state index in [2.05, 4.69) is 27.5 Å². The van der Waals surface area contributed by atoms with Gasteiger partial charge in [0.05, 0.1) is 18.2 Å². The molecule has 8 heteroatoms.